The molecule has 0 bridgehead atoms. The summed E-state index contributed by atoms with van der Waals surface area (Å²) < 4.78 is 2.81. The fourth-order valence-electron chi connectivity index (χ4n) is 4.91. The number of nitrogens with zero attached hydrogens (tertiary/aromatic N) is 1. The third kappa shape index (κ3) is 5.55. The molecule has 5 aromatic rings. The van der Waals surface area contributed by atoms with E-state index in [0.29, 0.717) is 0 Å². The Morgan fingerprint density at radius 2 is 0.865 bits per heavy atom. The van der Waals surface area contributed by atoms with Gasteiger partial charge < -0.3 is 4.44 Å². The highest BCUT2D eigenvalue weighted by molar-refractivity contribution is 7.90. The molecule has 0 unspecified atom stereocenters. The highest BCUT2D eigenvalue weighted by atomic mass is 31.2. The van der Waals surface area contributed by atoms with E-state index in [9.17, 15) is 0 Å². The van der Waals surface area contributed by atoms with Crippen molar-refractivity contribution in [2.24, 2.45) is 0 Å². The highest BCUT2D eigenvalue weighted by Gasteiger charge is 2.34. The van der Waals surface area contributed by atoms with Gasteiger partial charge in [0.25, 0.3) is 0 Å². The molecule has 37 heavy (non-hydrogen) atoms. The smallest absolute Gasteiger partial charge is 0.0590 e. The molecule has 0 atom stereocenters. The Hall–Kier alpha value is -3.24. The molecule has 184 valence electrons. The van der Waals surface area contributed by atoms with E-state index in [1.165, 1.54) is 43.6 Å². The Kier molecular flexibility index (Phi) is 8.15. The molecule has 0 aromatic heterocycles. The molecule has 0 N–H and O–H groups in total. The summed E-state index contributed by atoms with van der Waals surface area (Å²) in [6.45, 7) is 6.80. The fraction of sp³-hybridized carbons (Fsp3) is 0.118. The number of hydrogen-bond acceptors (Lipinski definition) is 1. The van der Waals surface area contributed by atoms with E-state index in [2.05, 4.69) is 159 Å². The Morgan fingerprint density at radius 3 is 1.19 bits per heavy atom. The second-order valence-corrected chi connectivity index (χ2v) is 13.6. The number of anilines is 1. The first-order valence-corrected chi connectivity index (χ1v) is 15.5. The van der Waals surface area contributed by atoms with Crippen LogP contribution in [0, 0.1) is 13.8 Å². The Labute approximate surface area is 224 Å². The van der Waals surface area contributed by atoms with Crippen LogP contribution in [0.2, 0.25) is 0 Å². The topological polar surface area (TPSA) is 3.24 Å². The number of aryl methyl sites for hydroxylation is 3. The molecule has 5 rings (SSSR count). The molecule has 5 aromatic carbocycles. The minimum Gasteiger partial charge on any atom is -0.312 e. The van der Waals surface area contributed by atoms with Crippen molar-refractivity contribution in [2.45, 2.75) is 27.2 Å². The van der Waals surface area contributed by atoms with Crippen molar-refractivity contribution in [3.8, 4) is 0 Å². The monoisotopic (exact) mass is 517 g/mol. The molecule has 0 spiro atoms. The van der Waals surface area contributed by atoms with E-state index < -0.39 is 16.1 Å². The third-order valence-corrected chi connectivity index (χ3v) is 11.9. The molecule has 1 nitrogen and oxygen atoms in total. The zero-order valence-electron chi connectivity index (χ0n) is 21.8. The highest BCUT2D eigenvalue weighted by Crippen LogP contribution is 2.58. The van der Waals surface area contributed by atoms with E-state index in [-0.39, 0.29) is 0 Å². The summed E-state index contributed by atoms with van der Waals surface area (Å²) in [5.41, 5.74) is 5.46. The molecule has 0 fully saturated rings. The maximum absolute atomic E-state index is 2.81. The van der Waals surface area contributed by atoms with Crippen molar-refractivity contribution in [3.05, 3.63) is 150 Å². The quantitative estimate of drug-likeness (QED) is 0.190. The van der Waals surface area contributed by atoms with E-state index in [4.69, 9.17) is 0 Å². The van der Waals surface area contributed by atoms with E-state index >= 15 is 0 Å². The molecule has 0 saturated carbocycles. The van der Waals surface area contributed by atoms with Crippen molar-refractivity contribution in [1.29, 1.82) is 0 Å². The van der Waals surface area contributed by atoms with Crippen molar-refractivity contribution < 1.29 is 0 Å². The predicted molar refractivity (Wildman–Crippen MR) is 166 cm³/mol. The maximum atomic E-state index is 2.81. The molecule has 0 saturated heterocycles. The van der Waals surface area contributed by atoms with Gasteiger partial charge in [-0.25, -0.2) is 0 Å². The molecule has 0 amide bonds. The number of rotatable bonds is 8. The molecule has 3 heteroatoms. The molecular formula is C34H33NP2. The van der Waals surface area contributed by atoms with Gasteiger partial charge in [-0.3, -0.25) is 0 Å². The average molecular weight is 518 g/mol. The van der Waals surface area contributed by atoms with Crippen LogP contribution in [0.3, 0.4) is 0 Å². The van der Waals surface area contributed by atoms with Crippen molar-refractivity contribution in [1.82, 2.24) is 0 Å². The predicted octanol–water partition coefficient (Wildman–Crippen LogP) is 7.77. The van der Waals surface area contributed by atoms with Crippen molar-refractivity contribution in [2.75, 3.05) is 4.44 Å². The lowest BCUT2D eigenvalue weighted by molar-refractivity contribution is 1.12. The molecule has 0 aliphatic heterocycles. The first-order chi connectivity index (χ1) is 18.2. The lowest BCUT2D eigenvalue weighted by Crippen LogP contribution is -2.32. The summed E-state index contributed by atoms with van der Waals surface area (Å²) in [6, 6.07) is 49.2. The molecule has 0 radical (unpaired) electrons. The summed E-state index contributed by atoms with van der Waals surface area (Å²) in [5, 5.41) is 5.46. The fourth-order valence-corrected chi connectivity index (χ4v) is 11.1. The largest absolute Gasteiger partial charge is 0.312 e. The summed E-state index contributed by atoms with van der Waals surface area (Å²) in [4.78, 5) is 0. The zero-order chi connectivity index (χ0) is 25.6. The van der Waals surface area contributed by atoms with E-state index in [0.717, 1.165) is 6.42 Å². The third-order valence-electron chi connectivity index (χ3n) is 6.49. The van der Waals surface area contributed by atoms with Crippen LogP contribution in [0.5, 0.6) is 0 Å². The summed E-state index contributed by atoms with van der Waals surface area (Å²) in [6.07, 6.45) is 0.994. The molecule has 0 aliphatic rings. The number of benzene rings is 5. The normalized spacial score (nSPS) is 11.2. The Balaban J connectivity index is 1.88. The minimum absolute atomic E-state index is 0.863. The molecule has 0 heterocycles. The first kappa shape index (κ1) is 25.4. The van der Waals surface area contributed by atoms with Crippen LogP contribution in [0.4, 0.5) is 5.69 Å². The lowest BCUT2D eigenvalue weighted by atomic mass is 10.0. The summed E-state index contributed by atoms with van der Waals surface area (Å²) in [7, 11) is -1.73. The van der Waals surface area contributed by atoms with Gasteiger partial charge in [0, 0.05) is 21.2 Å². The van der Waals surface area contributed by atoms with Crippen molar-refractivity contribution in [3.63, 3.8) is 0 Å². The Bertz CT molecular complexity index is 1260. The second kappa shape index (κ2) is 11.9. The van der Waals surface area contributed by atoms with Crippen LogP contribution >= 0.6 is 16.1 Å². The Morgan fingerprint density at radius 1 is 0.514 bits per heavy atom. The van der Waals surface area contributed by atoms with Crippen LogP contribution < -0.4 is 25.7 Å². The lowest BCUT2D eigenvalue weighted by Gasteiger charge is -2.42. The zero-order valence-corrected chi connectivity index (χ0v) is 23.5. The van der Waals surface area contributed by atoms with Gasteiger partial charge in [-0.1, -0.05) is 146 Å². The molecular weight excluding hydrogens is 484 g/mol. The van der Waals surface area contributed by atoms with Gasteiger partial charge in [-0.2, -0.15) is 0 Å². The van der Waals surface area contributed by atoms with Crippen LogP contribution in [-0.2, 0) is 6.42 Å². The van der Waals surface area contributed by atoms with Gasteiger partial charge in [-0.15, -0.1) is 0 Å². The minimum atomic E-state index is -0.863. The average Bonchev–Trinajstić information content (AvgIpc) is 2.95. The second-order valence-electron chi connectivity index (χ2n) is 9.20. The van der Waals surface area contributed by atoms with Crippen LogP contribution in [-0.4, -0.2) is 0 Å². The summed E-state index contributed by atoms with van der Waals surface area (Å²) in [5.74, 6) is 0. The van der Waals surface area contributed by atoms with Gasteiger partial charge in [0.1, 0.15) is 0 Å². The SMILES string of the molecule is CCc1cc(C)cc(C)c1N(P(c1ccccc1)c1ccccc1)P(c1ccccc1)c1ccccc1. The maximum Gasteiger partial charge on any atom is 0.0590 e. The van der Waals surface area contributed by atoms with Gasteiger partial charge in [-0.05, 0) is 31.4 Å². The standard InChI is InChI=1S/C34H33NP2/c1-4-29-26-27(2)25-28(3)34(29)35(36(30-17-9-5-10-18-30)31-19-11-6-12-20-31)37(32-21-13-7-14-22-32)33-23-15-8-16-24-33/h5-26H,4H2,1-3H3. The van der Waals surface area contributed by atoms with Gasteiger partial charge in [0.05, 0.1) is 21.8 Å². The van der Waals surface area contributed by atoms with Crippen LogP contribution in [0.1, 0.15) is 23.6 Å². The molecule has 0 aliphatic carbocycles. The van der Waals surface area contributed by atoms with Gasteiger partial charge >= 0.3 is 0 Å². The van der Waals surface area contributed by atoms with Crippen LogP contribution in [0.15, 0.2) is 133 Å². The van der Waals surface area contributed by atoms with Crippen LogP contribution in [0.25, 0.3) is 0 Å². The van der Waals surface area contributed by atoms with E-state index in [1.807, 2.05) is 0 Å². The summed E-state index contributed by atoms with van der Waals surface area (Å²) >= 11 is 0. The first-order valence-electron chi connectivity index (χ1n) is 12.9. The van der Waals surface area contributed by atoms with Gasteiger partial charge in [0.2, 0.25) is 0 Å². The van der Waals surface area contributed by atoms with E-state index in [1.54, 1.807) is 0 Å². The van der Waals surface area contributed by atoms with Gasteiger partial charge in [0.15, 0.2) is 0 Å². The number of hydrogen-bond donors (Lipinski definition) is 0. The van der Waals surface area contributed by atoms with Crippen molar-refractivity contribution >= 4 is 43.1 Å².